The zero-order chi connectivity index (χ0) is 15.3. The molecule has 20 heavy (non-hydrogen) atoms. The fourth-order valence-corrected chi connectivity index (χ4v) is 1.58. The minimum atomic E-state index is -1.31. The minimum absolute atomic E-state index is 0.149. The second-order valence-corrected chi connectivity index (χ2v) is 4.35. The van der Waals surface area contributed by atoms with Crippen molar-refractivity contribution in [1.29, 1.82) is 0 Å². The molecule has 7 heteroatoms. The SMILES string of the molecule is Cc1ccc(C(=O)N[C@@H](CCC(N)=O)C(=O)O)c(F)c1. The summed E-state index contributed by atoms with van der Waals surface area (Å²) in [6.45, 7) is 1.66. The molecule has 0 bridgehead atoms. The summed E-state index contributed by atoms with van der Waals surface area (Å²) in [5.74, 6) is -3.57. The van der Waals surface area contributed by atoms with Gasteiger partial charge < -0.3 is 16.2 Å². The molecule has 0 spiro atoms. The van der Waals surface area contributed by atoms with E-state index in [1.165, 1.54) is 18.2 Å². The van der Waals surface area contributed by atoms with Crippen molar-refractivity contribution < 1.29 is 23.9 Å². The first-order chi connectivity index (χ1) is 9.31. The maximum absolute atomic E-state index is 13.6. The van der Waals surface area contributed by atoms with Crippen LogP contribution in [-0.4, -0.2) is 28.9 Å². The number of nitrogens with one attached hydrogen (secondary N) is 1. The Morgan fingerprint density at radius 2 is 2.05 bits per heavy atom. The van der Waals surface area contributed by atoms with Crippen LogP contribution in [0.15, 0.2) is 18.2 Å². The maximum Gasteiger partial charge on any atom is 0.326 e. The van der Waals surface area contributed by atoms with Gasteiger partial charge in [-0.3, -0.25) is 9.59 Å². The molecule has 108 valence electrons. The van der Waals surface area contributed by atoms with Gasteiger partial charge in [-0.2, -0.15) is 0 Å². The van der Waals surface area contributed by atoms with Gasteiger partial charge in [0, 0.05) is 6.42 Å². The van der Waals surface area contributed by atoms with Crippen LogP contribution in [0.3, 0.4) is 0 Å². The van der Waals surface area contributed by atoms with Gasteiger partial charge in [-0.15, -0.1) is 0 Å². The second kappa shape index (κ2) is 6.65. The lowest BCUT2D eigenvalue weighted by Crippen LogP contribution is -2.41. The number of carboxylic acids is 1. The number of aryl methyl sites for hydroxylation is 1. The average Bonchev–Trinajstić information content (AvgIpc) is 2.33. The first-order valence-corrected chi connectivity index (χ1v) is 5.89. The van der Waals surface area contributed by atoms with Crippen molar-refractivity contribution in [2.75, 3.05) is 0 Å². The number of halogens is 1. The molecule has 0 aliphatic rings. The summed E-state index contributed by atoms with van der Waals surface area (Å²) >= 11 is 0. The van der Waals surface area contributed by atoms with Crippen molar-refractivity contribution in [2.24, 2.45) is 5.73 Å². The highest BCUT2D eigenvalue weighted by Crippen LogP contribution is 2.10. The van der Waals surface area contributed by atoms with E-state index >= 15 is 0 Å². The number of carboxylic acid groups (broad SMARTS) is 1. The third-order valence-electron chi connectivity index (χ3n) is 2.65. The molecule has 1 rings (SSSR count). The Labute approximate surface area is 114 Å². The number of amides is 2. The van der Waals surface area contributed by atoms with Crippen molar-refractivity contribution >= 4 is 17.8 Å². The predicted octanol–water partition coefficient (Wildman–Crippen LogP) is 0.583. The van der Waals surface area contributed by atoms with Crippen LogP contribution in [0.25, 0.3) is 0 Å². The van der Waals surface area contributed by atoms with Crippen molar-refractivity contribution in [2.45, 2.75) is 25.8 Å². The van der Waals surface area contributed by atoms with Crippen LogP contribution in [0.5, 0.6) is 0 Å². The van der Waals surface area contributed by atoms with E-state index in [9.17, 15) is 18.8 Å². The number of hydrogen-bond acceptors (Lipinski definition) is 3. The smallest absolute Gasteiger partial charge is 0.326 e. The normalized spacial score (nSPS) is 11.7. The first kappa shape index (κ1) is 15.6. The molecule has 1 atom stereocenters. The quantitative estimate of drug-likeness (QED) is 0.709. The predicted molar refractivity (Wildman–Crippen MR) is 68.5 cm³/mol. The molecule has 0 unspecified atom stereocenters. The van der Waals surface area contributed by atoms with Crippen LogP contribution in [-0.2, 0) is 9.59 Å². The van der Waals surface area contributed by atoms with Gasteiger partial charge in [0.25, 0.3) is 5.91 Å². The van der Waals surface area contributed by atoms with Crippen molar-refractivity contribution in [3.8, 4) is 0 Å². The summed E-state index contributed by atoms with van der Waals surface area (Å²) in [7, 11) is 0. The molecule has 4 N–H and O–H groups in total. The second-order valence-electron chi connectivity index (χ2n) is 4.35. The summed E-state index contributed by atoms with van der Waals surface area (Å²) in [4.78, 5) is 33.4. The Morgan fingerprint density at radius 3 is 2.55 bits per heavy atom. The molecular formula is C13H15FN2O4. The van der Waals surface area contributed by atoms with Gasteiger partial charge >= 0.3 is 5.97 Å². The molecule has 0 radical (unpaired) electrons. The van der Waals surface area contributed by atoms with Gasteiger partial charge in [-0.05, 0) is 31.0 Å². The lowest BCUT2D eigenvalue weighted by molar-refractivity contribution is -0.139. The van der Waals surface area contributed by atoms with Crippen LogP contribution in [0.4, 0.5) is 4.39 Å². The zero-order valence-corrected chi connectivity index (χ0v) is 10.9. The highest BCUT2D eigenvalue weighted by Gasteiger charge is 2.22. The minimum Gasteiger partial charge on any atom is -0.480 e. The fraction of sp³-hybridized carbons (Fsp3) is 0.308. The number of primary amides is 1. The summed E-state index contributed by atoms with van der Waals surface area (Å²) in [5, 5.41) is 11.1. The van der Waals surface area contributed by atoms with E-state index in [1.807, 2.05) is 0 Å². The Hall–Kier alpha value is -2.44. The van der Waals surface area contributed by atoms with E-state index < -0.39 is 29.6 Å². The topological polar surface area (TPSA) is 109 Å². The number of carbonyl (C=O) groups is 3. The summed E-state index contributed by atoms with van der Waals surface area (Å²) in [5.41, 5.74) is 5.31. The molecule has 1 aromatic rings. The Kier molecular flexibility index (Phi) is 5.19. The lowest BCUT2D eigenvalue weighted by atomic mass is 10.1. The summed E-state index contributed by atoms with van der Waals surface area (Å²) < 4.78 is 13.6. The van der Waals surface area contributed by atoms with E-state index in [-0.39, 0.29) is 18.4 Å². The molecule has 0 fully saturated rings. The molecule has 0 saturated heterocycles. The van der Waals surface area contributed by atoms with Gasteiger partial charge in [0.05, 0.1) is 5.56 Å². The molecule has 2 amide bonds. The standard InChI is InChI=1S/C13H15FN2O4/c1-7-2-3-8(9(14)6-7)12(18)16-10(13(19)20)4-5-11(15)17/h2-3,6,10H,4-5H2,1H3,(H2,15,17)(H,16,18)(H,19,20)/t10-/m0/s1. The van der Waals surface area contributed by atoms with Crippen molar-refractivity contribution in [3.05, 3.63) is 35.1 Å². The molecule has 0 aliphatic heterocycles. The number of aliphatic carboxylic acids is 1. The van der Waals surface area contributed by atoms with E-state index in [0.717, 1.165) is 0 Å². The zero-order valence-electron chi connectivity index (χ0n) is 10.9. The molecule has 0 aromatic heterocycles. The molecule has 0 saturated carbocycles. The lowest BCUT2D eigenvalue weighted by Gasteiger charge is -2.14. The van der Waals surface area contributed by atoms with Crippen LogP contribution in [0.1, 0.15) is 28.8 Å². The summed E-state index contributed by atoms with van der Waals surface area (Å²) in [6, 6.07) is 2.69. The number of nitrogens with two attached hydrogens (primary N) is 1. The number of rotatable bonds is 6. The molecule has 1 aromatic carbocycles. The fourth-order valence-electron chi connectivity index (χ4n) is 1.58. The van der Waals surface area contributed by atoms with E-state index in [0.29, 0.717) is 5.56 Å². The van der Waals surface area contributed by atoms with Crippen LogP contribution >= 0.6 is 0 Å². The first-order valence-electron chi connectivity index (χ1n) is 5.89. The van der Waals surface area contributed by atoms with Gasteiger partial charge in [0.15, 0.2) is 0 Å². The monoisotopic (exact) mass is 282 g/mol. The third-order valence-corrected chi connectivity index (χ3v) is 2.65. The molecule has 0 aliphatic carbocycles. The van der Waals surface area contributed by atoms with Gasteiger partial charge in [0.1, 0.15) is 11.9 Å². The highest BCUT2D eigenvalue weighted by atomic mass is 19.1. The Bertz CT molecular complexity index is 545. The summed E-state index contributed by atoms with van der Waals surface area (Å²) in [6.07, 6.45) is -0.336. The number of benzene rings is 1. The molecular weight excluding hydrogens is 267 g/mol. The molecule has 6 nitrogen and oxygen atoms in total. The van der Waals surface area contributed by atoms with Gasteiger partial charge in [-0.25, -0.2) is 9.18 Å². The van der Waals surface area contributed by atoms with Crippen LogP contribution in [0.2, 0.25) is 0 Å². The average molecular weight is 282 g/mol. The Balaban J connectivity index is 2.80. The van der Waals surface area contributed by atoms with Crippen LogP contribution < -0.4 is 11.1 Å². The van der Waals surface area contributed by atoms with Crippen LogP contribution in [0, 0.1) is 12.7 Å². The largest absolute Gasteiger partial charge is 0.480 e. The van der Waals surface area contributed by atoms with E-state index in [4.69, 9.17) is 10.8 Å². The van der Waals surface area contributed by atoms with Crippen molar-refractivity contribution in [3.63, 3.8) is 0 Å². The third kappa shape index (κ3) is 4.34. The van der Waals surface area contributed by atoms with Crippen molar-refractivity contribution in [1.82, 2.24) is 5.32 Å². The molecule has 0 heterocycles. The number of hydrogen-bond donors (Lipinski definition) is 3. The van der Waals surface area contributed by atoms with E-state index in [2.05, 4.69) is 5.32 Å². The van der Waals surface area contributed by atoms with Gasteiger partial charge in [-0.1, -0.05) is 6.07 Å². The van der Waals surface area contributed by atoms with Gasteiger partial charge in [0.2, 0.25) is 5.91 Å². The Morgan fingerprint density at radius 1 is 1.40 bits per heavy atom. The van der Waals surface area contributed by atoms with E-state index in [1.54, 1.807) is 6.92 Å². The maximum atomic E-state index is 13.6. The highest BCUT2D eigenvalue weighted by molar-refractivity contribution is 5.97. The number of carbonyl (C=O) groups excluding carboxylic acids is 2.